The lowest BCUT2D eigenvalue weighted by Crippen LogP contribution is -2.35. The van der Waals surface area contributed by atoms with Crippen molar-refractivity contribution in [3.8, 4) is 0 Å². The summed E-state index contributed by atoms with van der Waals surface area (Å²) in [4.78, 5) is 19.4. The van der Waals surface area contributed by atoms with E-state index in [-0.39, 0.29) is 10.8 Å². The average Bonchev–Trinajstić information content (AvgIpc) is 3.15. The maximum absolute atomic E-state index is 13.0. The topological polar surface area (TPSA) is 79.4 Å². The third kappa shape index (κ3) is 3.79. The van der Waals surface area contributed by atoms with Gasteiger partial charge in [0.05, 0.1) is 4.90 Å². The van der Waals surface area contributed by atoms with Crippen LogP contribution < -0.4 is 10.2 Å². The van der Waals surface area contributed by atoms with Gasteiger partial charge < -0.3 is 10.2 Å². The van der Waals surface area contributed by atoms with Crippen molar-refractivity contribution in [3.05, 3.63) is 65.2 Å². The Morgan fingerprint density at radius 2 is 1.89 bits per heavy atom. The summed E-state index contributed by atoms with van der Waals surface area (Å²) in [6, 6.07) is 14.4. The van der Waals surface area contributed by atoms with Gasteiger partial charge in [0.1, 0.15) is 5.69 Å². The van der Waals surface area contributed by atoms with Crippen LogP contribution in [-0.2, 0) is 16.3 Å². The Labute approximate surface area is 167 Å². The number of anilines is 3. The zero-order valence-electron chi connectivity index (χ0n) is 15.3. The van der Waals surface area contributed by atoms with Crippen LogP contribution in [0, 0.1) is 0 Å². The number of carbonyl (C=O) groups excluding carboxylic acids is 1. The Balaban J connectivity index is 1.51. The number of thiazole rings is 1. The normalized spacial score (nSPS) is 13.8. The molecule has 0 bridgehead atoms. The first-order valence-corrected chi connectivity index (χ1v) is 11.6. The average molecular weight is 414 g/mol. The third-order valence-electron chi connectivity index (χ3n) is 4.61. The molecular weight excluding hydrogens is 394 g/mol. The van der Waals surface area contributed by atoms with Crippen LogP contribution in [-0.4, -0.2) is 32.1 Å². The largest absolute Gasteiger partial charge is 0.332 e. The lowest BCUT2D eigenvalue weighted by Gasteiger charge is -2.28. The van der Waals surface area contributed by atoms with Crippen molar-refractivity contribution in [2.45, 2.75) is 17.7 Å². The van der Waals surface area contributed by atoms with Crippen molar-refractivity contribution in [1.82, 2.24) is 4.98 Å². The summed E-state index contributed by atoms with van der Waals surface area (Å²) in [5, 5.41) is 5.45. The number of fused-ring (bicyclic) bond motifs is 1. The molecule has 8 heteroatoms. The molecule has 2 heterocycles. The maximum Gasteiger partial charge on any atom is 0.277 e. The summed E-state index contributed by atoms with van der Waals surface area (Å²) in [6.45, 7) is 0.684. The summed E-state index contributed by atoms with van der Waals surface area (Å²) in [5.74, 6) is -0.108. The number of carbonyl (C=O) groups is 1. The molecule has 0 radical (unpaired) electrons. The second kappa shape index (κ2) is 7.37. The Bertz CT molecular complexity index is 1120. The molecule has 1 aromatic heterocycles. The van der Waals surface area contributed by atoms with Gasteiger partial charge in [0.15, 0.2) is 15.0 Å². The highest BCUT2D eigenvalue weighted by molar-refractivity contribution is 7.90. The highest BCUT2D eigenvalue weighted by Crippen LogP contribution is 2.29. The number of hydrogen-bond acceptors (Lipinski definition) is 6. The number of aryl methyl sites for hydroxylation is 1. The first-order valence-electron chi connectivity index (χ1n) is 8.84. The van der Waals surface area contributed by atoms with E-state index >= 15 is 0 Å². The molecule has 0 saturated heterocycles. The van der Waals surface area contributed by atoms with E-state index < -0.39 is 9.84 Å². The highest BCUT2D eigenvalue weighted by atomic mass is 32.2. The first-order chi connectivity index (χ1) is 13.4. The first kappa shape index (κ1) is 18.6. The van der Waals surface area contributed by atoms with Gasteiger partial charge in [0.2, 0.25) is 0 Å². The molecule has 2 aromatic carbocycles. The molecule has 0 spiro atoms. The Morgan fingerprint density at radius 1 is 1.14 bits per heavy atom. The van der Waals surface area contributed by atoms with Crippen LogP contribution in [0.4, 0.5) is 16.5 Å². The van der Waals surface area contributed by atoms with Crippen molar-refractivity contribution in [2.75, 3.05) is 23.0 Å². The monoisotopic (exact) mass is 413 g/mol. The number of hydrogen-bond donors (Lipinski definition) is 1. The zero-order valence-corrected chi connectivity index (χ0v) is 16.9. The van der Waals surface area contributed by atoms with Gasteiger partial charge in [-0.2, -0.15) is 0 Å². The van der Waals surface area contributed by atoms with Gasteiger partial charge in [0.25, 0.3) is 5.91 Å². The minimum atomic E-state index is -3.23. The molecule has 1 aliphatic rings. The van der Waals surface area contributed by atoms with Crippen LogP contribution in [0.1, 0.15) is 22.5 Å². The van der Waals surface area contributed by atoms with Gasteiger partial charge in [-0.15, -0.1) is 11.3 Å². The summed E-state index contributed by atoms with van der Waals surface area (Å²) in [5.41, 5.74) is 3.25. The van der Waals surface area contributed by atoms with Crippen LogP contribution in [0.25, 0.3) is 0 Å². The van der Waals surface area contributed by atoms with Crippen molar-refractivity contribution in [2.24, 2.45) is 0 Å². The predicted molar refractivity (Wildman–Crippen MR) is 111 cm³/mol. The second-order valence-electron chi connectivity index (χ2n) is 6.65. The van der Waals surface area contributed by atoms with E-state index in [1.54, 1.807) is 34.5 Å². The van der Waals surface area contributed by atoms with Crippen LogP contribution >= 0.6 is 11.3 Å². The lowest BCUT2D eigenvalue weighted by molar-refractivity contribution is 0.0981. The molecule has 4 rings (SSSR count). The van der Waals surface area contributed by atoms with Gasteiger partial charge >= 0.3 is 0 Å². The van der Waals surface area contributed by atoms with Crippen molar-refractivity contribution in [1.29, 1.82) is 0 Å². The minimum Gasteiger partial charge on any atom is -0.332 e. The quantitative estimate of drug-likeness (QED) is 0.702. The molecule has 0 atom stereocenters. The molecule has 1 amide bonds. The van der Waals surface area contributed by atoms with Crippen LogP contribution in [0.3, 0.4) is 0 Å². The van der Waals surface area contributed by atoms with E-state index in [0.717, 1.165) is 18.5 Å². The van der Waals surface area contributed by atoms with E-state index in [2.05, 4.69) is 16.4 Å². The van der Waals surface area contributed by atoms with Crippen LogP contribution in [0.15, 0.2) is 58.8 Å². The van der Waals surface area contributed by atoms with E-state index in [9.17, 15) is 13.2 Å². The van der Waals surface area contributed by atoms with E-state index in [1.807, 2.05) is 18.2 Å². The molecule has 0 aliphatic carbocycles. The van der Waals surface area contributed by atoms with Gasteiger partial charge in [0, 0.05) is 29.6 Å². The number of rotatable bonds is 4. The van der Waals surface area contributed by atoms with Crippen LogP contribution in [0.5, 0.6) is 0 Å². The zero-order chi connectivity index (χ0) is 19.7. The van der Waals surface area contributed by atoms with E-state index in [1.165, 1.54) is 23.2 Å². The molecule has 1 N–H and O–H groups in total. The number of amides is 1. The molecule has 3 aromatic rings. The fourth-order valence-electron chi connectivity index (χ4n) is 3.22. The SMILES string of the molecule is CS(=O)(=O)c1ccc(Nc2nc(C(=O)N3CCCc4ccccc43)cs2)cc1. The van der Waals surface area contributed by atoms with Gasteiger partial charge in [-0.1, -0.05) is 18.2 Å². The van der Waals surface area contributed by atoms with Gasteiger partial charge in [-0.05, 0) is 48.7 Å². The third-order valence-corrected chi connectivity index (χ3v) is 6.50. The predicted octanol–water partition coefficient (Wildman–Crippen LogP) is 3.88. The molecule has 0 saturated carbocycles. The number of nitrogens with zero attached hydrogens (tertiary/aromatic N) is 2. The number of benzene rings is 2. The maximum atomic E-state index is 13.0. The number of nitrogens with one attached hydrogen (secondary N) is 1. The molecular formula is C20H19N3O3S2. The van der Waals surface area contributed by atoms with E-state index in [0.29, 0.717) is 23.1 Å². The number of aromatic nitrogens is 1. The molecule has 1 aliphatic heterocycles. The Morgan fingerprint density at radius 3 is 2.64 bits per heavy atom. The fourth-order valence-corrected chi connectivity index (χ4v) is 4.56. The minimum absolute atomic E-state index is 0.108. The smallest absolute Gasteiger partial charge is 0.277 e. The lowest BCUT2D eigenvalue weighted by atomic mass is 10.0. The summed E-state index contributed by atoms with van der Waals surface area (Å²) in [6.07, 6.45) is 3.09. The molecule has 6 nitrogen and oxygen atoms in total. The fraction of sp³-hybridized carbons (Fsp3) is 0.200. The molecule has 0 fully saturated rings. The van der Waals surface area contributed by atoms with Crippen molar-refractivity contribution >= 4 is 43.6 Å². The van der Waals surface area contributed by atoms with Crippen LogP contribution in [0.2, 0.25) is 0 Å². The summed E-state index contributed by atoms with van der Waals surface area (Å²) < 4.78 is 23.1. The van der Waals surface area contributed by atoms with Crippen molar-refractivity contribution < 1.29 is 13.2 Å². The second-order valence-corrected chi connectivity index (χ2v) is 9.52. The Kier molecular flexibility index (Phi) is 4.91. The number of sulfone groups is 1. The van der Waals surface area contributed by atoms with E-state index in [4.69, 9.17) is 0 Å². The molecule has 0 unspecified atom stereocenters. The standard InChI is InChI=1S/C20H19N3O3S2/c1-28(25,26)16-10-8-15(9-11-16)21-20-22-17(13-27-20)19(24)23-12-4-6-14-5-2-3-7-18(14)23/h2-3,5,7-11,13H,4,6,12H2,1H3,(H,21,22). The Hall–Kier alpha value is -2.71. The molecule has 144 valence electrons. The highest BCUT2D eigenvalue weighted by Gasteiger charge is 2.25. The number of para-hydroxylation sites is 1. The summed E-state index contributed by atoms with van der Waals surface area (Å²) >= 11 is 1.34. The van der Waals surface area contributed by atoms with Gasteiger partial charge in [-0.3, -0.25) is 4.79 Å². The molecule has 28 heavy (non-hydrogen) atoms. The van der Waals surface area contributed by atoms with Gasteiger partial charge in [-0.25, -0.2) is 13.4 Å². The summed E-state index contributed by atoms with van der Waals surface area (Å²) in [7, 11) is -3.23. The van der Waals surface area contributed by atoms with Crippen molar-refractivity contribution in [3.63, 3.8) is 0 Å².